The van der Waals surface area contributed by atoms with Crippen LogP contribution in [0.3, 0.4) is 0 Å². The molecule has 0 atom stereocenters. The Balaban J connectivity index is 0.00000208. The van der Waals surface area contributed by atoms with Gasteiger partial charge in [-0.05, 0) is 36.5 Å². The van der Waals surface area contributed by atoms with Gasteiger partial charge in [0.05, 0.1) is 16.1 Å². The van der Waals surface area contributed by atoms with Gasteiger partial charge in [-0.3, -0.25) is 9.59 Å². The monoisotopic (exact) mass is 365 g/mol. The topological polar surface area (TPSA) is 61.4 Å². The van der Waals surface area contributed by atoms with E-state index in [9.17, 15) is 9.59 Å². The summed E-state index contributed by atoms with van der Waals surface area (Å²) in [7, 11) is 0. The largest absolute Gasteiger partial charge is 0.337 e. The van der Waals surface area contributed by atoms with Gasteiger partial charge in [-0.1, -0.05) is 18.2 Å². The molecule has 128 valence electrons. The van der Waals surface area contributed by atoms with Crippen LogP contribution in [-0.2, 0) is 0 Å². The van der Waals surface area contributed by atoms with Crippen molar-refractivity contribution in [1.29, 1.82) is 0 Å². The number of anilines is 1. The number of thiophene rings is 1. The number of hydrogen-bond acceptors (Lipinski definition) is 4. The van der Waals surface area contributed by atoms with Gasteiger partial charge in [-0.15, -0.1) is 23.7 Å². The quantitative estimate of drug-likeness (QED) is 0.879. The van der Waals surface area contributed by atoms with Crippen LogP contribution < -0.4 is 10.6 Å². The van der Waals surface area contributed by atoms with Gasteiger partial charge in [0.25, 0.3) is 11.8 Å². The van der Waals surface area contributed by atoms with E-state index in [1.54, 1.807) is 18.2 Å². The lowest BCUT2D eigenvalue weighted by Crippen LogP contribution is -2.34. The van der Waals surface area contributed by atoms with Gasteiger partial charge >= 0.3 is 0 Å². The Labute approximate surface area is 151 Å². The van der Waals surface area contributed by atoms with Crippen molar-refractivity contribution in [2.24, 2.45) is 0 Å². The first-order chi connectivity index (χ1) is 11.3. The summed E-state index contributed by atoms with van der Waals surface area (Å²) in [6, 6.07) is 10.8. The van der Waals surface area contributed by atoms with E-state index >= 15 is 0 Å². The molecule has 2 heterocycles. The number of nitrogens with zero attached hydrogens (tertiary/aromatic N) is 1. The molecule has 0 saturated carbocycles. The molecule has 1 aromatic carbocycles. The Morgan fingerprint density at radius 3 is 2.71 bits per heavy atom. The Kier molecular flexibility index (Phi) is 6.78. The number of para-hydroxylation sites is 1. The van der Waals surface area contributed by atoms with Crippen LogP contribution in [0.1, 0.15) is 26.5 Å². The molecular weight excluding hydrogens is 346 g/mol. The predicted octanol–water partition coefficient (Wildman–Crippen LogP) is 2.86. The molecule has 2 aromatic rings. The molecule has 1 saturated heterocycles. The van der Waals surface area contributed by atoms with Gasteiger partial charge in [0.2, 0.25) is 0 Å². The lowest BCUT2D eigenvalue weighted by Gasteiger charge is -2.21. The first kappa shape index (κ1) is 18.4. The Morgan fingerprint density at radius 2 is 1.92 bits per heavy atom. The molecule has 0 bridgehead atoms. The summed E-state index contributed by atoms with van der Waals surface area (Å²) in [6.07, 6.45) is 0.940. The summed E-state index contributed by atoms with van der Waals surface area (Å²) in [5, 5.41) is 8.00. The van der Waals surface area contributed by atoms with Crippen molar-refractivity contribution in [3.63, 3.8) is 0 Å². The number of hydrogen-bond donors (Lipinski definition) is 2. The summed E-state index contributed by atoms with van der Waals surface area (Å²) in [5.41, 5.74) is 1.10. The first-order valence-corrected chi connectivity index (χ1v) is 8.57. The molecule has 3 rings (SSSR count). The number of benzene rings is 1. The number of nitrogens with one attached hydrogen (secondary N) is 2. The van der Waals surface area contributed by atoms with Crippen LogP contribution in [0.15, 0.2) is 41.8 Å². The molecule has 0 spiro atoms. The molecule has 24 heavy (non-hydrogen) atoms. The van der Waals surface area contributed by atoms with E-state index in [1.165, 1.54) is 11.3 Å². The van der Waals surface area contributed by atoms with Gasteiger partial charge in [0.15, 0.2) is 0 Å². The van der Waals surface area contributed by atoms with Gasteiger partial charge in [-0.2, -0.15) is 0 Å². The van der Waals surface area contributed by atoms with E-state index in [1.807, 2.05) is 28.5 Å². The van der Waals surface area contributed by atoms with Crippen molar-refractivity contribution in [3.8, 4) is 0 Å². The minimum Gasteiger partial charge on any atom is -0.337 e. The fourth-order valence-corrected chi connectivity index (χ4v) is 3.21. The second-order valence-corrected chi connectivity index (χ2v) is 6.32. The maximum Gasteiger partial charge on any atom is 0.265 e. The highest BCUT2D eigenvalue weighted by molar-refractivity contribution is 7.12. The molecule has 2 amide bonds. The van der Waals surface area contributed by atoms with E-state index in [0.29, 0.717) is 22.7 Å². The number of carbonyl (C=O) groups is 2. The van der Waals surface area contributed by atoms with E-state index < -0.39 is 0 Å². The third kappa shape index (κ3) is 4.35. The minimum absolute atomic E-state index is 0. The molecule has 5 nitrogen and oxygen atoms in total. The third-order valence-corrected chi connectivity index (χ3v) is 4.65. The normalized spacial score (nSPS) is 14.4. The summed E-state index contributed by atoms with van der Waals surface area (Å²) in [4.78, 5) is 27.5. The summed E-state index contributed by atoms with van der Waals surface area (Å²) >= 11 is 1.38. The Hall–Kier alpha value is -1.89. The summed E-state index contributed by atoms with van der Waals surface area (Å²) in [5.74, 6) is -0.214. The summed E-state index contributed by atoms with van der Waals surface area (Å²) < 4.78 is 0. The minimum atomic E-state index is -0.183. The van der Waals surface area contributed by atoms with Gasteiger partial charge in [-0.25, -0.2) is 0 Å². The molecule has 1 aliphatic rings. The second-order valence-electron chi connectivity index (χ2n) is 5.37. The lowest BCUT2D eigenvalue weighted by atomic mass is 10.1. The van der Waals surface area contributed by atoms with Crippen LogP contribution in [-0.4, -0.2) is 42.9 Å². The van der Waals surface area contributed by atoms with E-state index in [2.05, 4.69) is 10.6 Å². The fourth-order valence-electron chi connectivity index (χ4n) is 2.59. The molecule has 1 aromatic heterocycles. The van der Waals surface area contributed by atoms with Crippen molar-refractivity contribution in [2.75, 3.05) is 31.5 Å². The van der Waals surface area contributed by atoms with Crippen LogP contribution in [0.25, 0.3) is 0 Å². The van der Waals surface area contributed by atoms with Crippen LogP contribution in [0, 0.1) is 0 Å². The van der Waals surface area contributed by atoms with Crippen LogP contribution in [0.4, 0.5) is 5.69 Å². The van der Waals surface area contributed by atoms with Gasteiger partial charge < -0.3 is 15.5 Å². The molecule has 2 N–H and O–H groups in total. The first-order valence-electron chi connectivity index (χ1n) is 7.69. The highest BCUT2D eigenvalue weighted by Crippen LogP contribution is 2.20. The number of carbonyl (C=O) groups excluding carboxylic acids is 2. The average Bonchev–Trinajstić information content (AvgIpc) is 2.98. The molecule has 0 aliphatic carbocycles. The van der Waals surface area contributed by atoms with E-state index in [-0.39, 0.29) is 24.2 Å². The molecule has 1 aliphatic heterocycles. The van der Waals surface area contributed by atoms with Crippen molar-refractivity contribution in [1.82, 2.24) is 10.2 Å². The van der Waals surface area contributed by atoms with E-state index in [0.717, 1.165) is 26.1 Å². The van der Waals surface area contributed by atoms with Crippen molar-refractivity contribution in [2.45, 2.75) is 6.42 Å². The molecule has 1 fully saturated rings. The van der Waals surface area contributed by atoms with Gasteiger partial charge in [0, 0.05) is 19.6 Å². The fraction of sp³-hybridized carbons (Fsp3) is 0.294. The van der Waals surface area contributed by atoms with E-state index in [4.69, 9.17) is 0 Å². The molecular formula is C17H20ClN3O2S. The van der Waals surface area contributed by atoms with Crippen molar-refractivity contribution < 1.29 is 9.59 Å². The Bertz CT molecular complexity index is 683. The highest BCUT2D eigenvalue weighted by Gasteiger charge is 2.20. The average molecular weight is 366 g/mol. The number of halogens is 1. The van der Waals surface area contributed by atoms with Gasteiger partial charge in [0.1, 0.15) is 0 Å². The Morgan fingerprint density at radius 1 is 1.08 bits per heavy atom. The third-order valence-electron chi connectivity index (χ3n) is 3.78. The summed E-state index contributed by atoms with van der Waals surface area (Å²) in [6.45, 7) is 3.15. The van der Waals surface area contributed by atoms with Crippen LogP contribution in [0.5, 0.6) is 0 Å². The van der Waals surface area contributed by atoms with Crippen LogP contribution >= 0.6 is 23.7 Å². The van der Waals surface area contributed by atoms with Crippen molar-refractivity contribution in [3.05, 3.63) is 52.2 Å². The number of rotatable bonds is 3. The zero-order valence-electron chi connectivity index (χ0n) is 13.2. The second kappa shape index (κ2) is 8.82. The zero-order chi connectivity index (χ0) is 16.1. The smallest absolute Gasteiger partial charge is 0.265 e. The van der Waals surface area contributed by atoms with Crippen molar-refractivity contribution >= 4 is 41.2 Å². The molecule has 0 radical (unpaired) electrons. The molecule has 7 heteroatoms. The maximum absolute atomic E-state index is 12.8. The van der Waals surface area contributed by atoms with Crippen LogP contribution in [0.2, 0.25) is 0 Å². The maximum atomic E-state index is 12.8. The molecule has 0 unspecified atom stereocenters. The number of amides is 2. The predicted molar refractivity (Wildman–Crippen MR) is 99.4 cm³/mol. The zero-order valence-corrected chi connectivity index (χ0v) is 14.8. The lowest BCUT2D eigenvalue weighted by molar-refractivity contribution is 0.0767. The SMILES string of the molecule is Cl.O=C(Nc1ccccc1C(=O)N1CCCNCC1)c1cccs1. The highest BCUT2D eigenvalue weighted by atomic mass is 35.5. The standard InChI is InChI=1S/C17H19N3O2S.ClH/c21-16(15-7-3-12-23-15)19-14-6-2-1-5-13(14)17(22)20-10-4-8-18-9-11-20;/h1-3,5-7,12,18H,4,8-11H2,(H,19,21);1H.